The zero-order chi connectivity index (χ0) is 16.8. The van der Waals surface area contributed by atoms with Crippen molar-refractivity contribution in [3.8, 4) is 5.69 Å². The quantitative estimate of drug-likeness (QED) is 0.650. The molecule has 3 aromatic rings. The van der Waals surface area contributed by atoms with Crippen LogP contribution in [-0.2, 0) is 11.8 Å². The van der Waals surface area contributed by atoms with Crippen LogP contribution in [0.4, 0.5) is 4.39 Å². The fourth-order valence-corrected chi connectivity index (χ4v) is 3.28. The average molecular weight is 346 g/mol. The van der Waals surface area contributed by atoms with E-state index in [1.807, 2.05) is 0 Å². The van der Waals surface area contributed by atoms with Crippen molar-refractivity contribution < 1.29 is 9.13 Å². The lowest BCUT2D eigenvalue weighted by Gasteiger charge is -2.08. The maximum absolute atomic E-state index is 13.5. The molecule has 24 heavy (non-hydrogen) atoms. The predicted molar refractivity (Wildman–Crippen MR) is 87.8 cm³/mol. The van der Waals surface area contributed by atoms with Crippen LogP contribution >= 0.6 is 11.5 Å². The molecule has 1 aliphatic heterocycles. The molecule has 0 saturated carbocycles. The first-order valence-electron chi connectivity index (χ1n) is 7.12. The first kappa shape index (κ1) is 14.8. The molecule has 0 unspecified atom stereocenters. The Bertz CT molecular complexity index is 1110. The van der Waals surface area contributed by atoms with E-state index in [0.29, 0.717) is 30.4 Å². The number of hydrogen-bond acceptors (Lipinski definition) is 6. The minimum absolute atomic E-state index is 0.341. The average Bonchev–Trinajstić information content (AvgIpc) is 3.21. The number of aliphatic imine (C=N–C) groups is 1. The number of rotatable bonds is 2. The van der Waals surface area contributed by atoms with E-state index >= 15 is 0 Å². The van der Waals surface area contributed by atoms with Gasteiger partial charge >= 0.3 is 5.69 Å². The van der Waals surface area contributed by atoms with E-state index in [-0.39, 0.29) is 0 Å². The lowest BCUT2D eigenvalue weighted by Crippen LogP contribution is -2.38. The molecule has 3 heterocycles. The van der Waals surface area contributed by atoms with Gasteiger partial charge in [-0.2, -0.15) is 8.76 Å². The van der Waals surface area contributed by atoms with Gasteiger partial charge in [-0.3, -0.25) is 9.36 Å². The second-order valence-electron chi connectivity index (χ2n) is 5.23. The van der Waals surface area contributed by atoms with Gasteiger partial charge in [0.05, 0.1) is 23.0 Å². The van der Waals surface area contributed by atoms with Gasteiger partial charge in [-0.1, -0.05) is 0 Å². The van der Waals surface area contributed by atoms with Crippen molar-refractivity contribution in [2.24, 2.45) is 12.0 Å². The first-order valence-corrected chi connectivity index (χ1v) is 7.89. The van der Waals surface area contributed by atoms with Gasteiger partial charge in [0.2, 0.25) is 11.8 Å². The zero-order valence-corrected chi connectivity index (χ0v) is 13.3. The number of halogens is 1. The van der Waals surface area contributed by atoms with Gasteiger partial charge in [0, 0.05) is 12.4 Å². The molecule has 122 valence electrons. The molecule has 0 N–H and O–H groups in total. The van der Waals surface area contributed by atoms with E-state index in [0.717, 1.165) is 25.3 Å². The van der Waals surface area contributed by atoms with E-state index in [4.69, 9.17) is 4.74 Å². The van der Waals surface area contributed by atoms with E-state index in [1.165, 1.54) is 18.6 Å². The Balaban J connectivity index is 1.96. The van der Waals surface area contributed by atoms with Gasteiger partial charge < -0.3 is 4.74 Å². The van der Waals surface area contributed by atoms with Crippen LogP contribution in [0.5, 0.6) is 0 Å². The molecule has 4 rings (SSSR count). The molecule has 7 nitrogen and oxygen atoms in total. The highest BCUT2D eigenvalue weighted by atomic mass is 32.1. The lowest BCUT2D eigenvalue weighted by atomic mass is 10.2. The Morgan fingerprint density at radius 3 is 2.88 bits per heavy atom. The Kier molecular flexibility index (Phi) is 3.31. The fourth-order valence-electron chi connectivity index (χ4n) is 2.53. The smallest absolute Gasteiger partial charge is 0.337 e. The summed E-state index contributed by atoms with van der Waals surface area (Å²) in [7, 11) is 1.27. The molecule has 9 heteroatoms. The van der Waals surface area contributed by atoms with Crippen LogP contribution in [0.1, 0.15) is 5.69 Å². The summed E-state index contributed by atoms with van der Waals surface area (Å²) in [4.78, 5) is 28.6. The largest absolute Gasteiger partial charge is 0.474 e. The third-order valence-corrected chi connectivity index (χ3v) is 4.59. The highest BCUT2D eigenvalue weighted by Crippen LogP contribution is 2.26. The summed E-state index contributed by atoms with van der Waals surface area (Å²) >= 11 is 1.28. The summed E-state index contributed by atoms with van der Waals surface area (Å²) in [5, 5.41) is 0.733. The van der Waals surface area contributed by atoms with Crippen molar-refractivity contribution in [3.63, 3.8) is 0 Å². The summed E-state index contributed by atoms with van der Waals surface area (Å²) < 4.78 is 25.9. The van der Waals surface area contributed by atoms with Crippen LogP contribution in [0.25, 0.3) is 15.8 Å². The number of hydrogen-bond donors (Lipinski definition) is 0. The van der Waals surface area contributed by atoms with Gasteiger partial charge in [-0.15, -0.1) is 0 Å². The second kappa shape index (κ2) is 5.38. The van der Waals surface area contributed by atoms with Crippen LogP contribution in [0.15, 0.2) is 38.8 Å². The van der Waals surface area contributed by atoms with Crippen LogP contribution in [0.3, 0.4) is 0 Å². The van der Waals surface area contributed by atoms with Crippen LogP contribution in [0.2, 0.25) is 0 Å². The monoisotopic (exact) mass is 346 g/mol. The molecule has 0 spiro atoms. The van der Waals surface area contributed by atoms with E-state index < -0.39 is 17.2 Å². The fraction of sp³-hybridized carbons (Fsp3) is 0.200. The molecule has 1 aromatic carbocycles. The second-order valence-corrected chi connectivity index (χ2v) is 6.03. The third-order valence-electron chi connectivity index (χ3n) is 3.76. The number of aromatic nitrogens is 3. The third kappa shape index (κ3) is 2.16. The highest BCUT2D eigenvalue weighted by Gasteiger charge is 2.18. The Labute approximate surface area is 138 Å². The van der Waals surface area contributed by atoms with E-state index in [1.54, 1.807) is 18.2 Å². The summed E-state index contributed by atoms with van der Waals surface area (Å²) in [5.41, 5.74) is -0.554. The lowest BCUT2D eigenvalue weighted by molar-refractivity contribution is 0.348. The van der Waals surface area contributed by atoms with Crippen molar-refractivity contribution in [2.75, 3.05) is 13.2 Å². The Morgan fingerprint density at radius 1 is 1.29 bits per heavy atom. The molecule has 1 aliphatic rings. The van der Waals surface area contributed by atoms with Gasteiger partial charge in [-0.05, 0) is 29.7 Å². The van der Waals surface area contributed by atoms with E-state index in [2.05, 4.69) is 9.37 Å². The summed E-state index contributed by atoms with van der Waals surface area (Å²) in [6.45, 7) is 1.08. The van der Waals surface area contributed by atoms with Crippen molar-refractivity contribution in [1.29, 1.82) is 0 Å². The molecule has 0 amide bonds. The minimum atomic E-state index is -0.881. The van der Waals surface area contributed by atoms with Crippen molar-refractivity contribution in [1.82, 2.24) is 13.5 Å². The first-order chi connectivity index (χ1) is 11.6. The normalized spacial score (nSPS) is 14.0. The number of ether oxygens (including phenoxy) is 1. The zero-order valence-electron chi connectivity index (χ0n) is 12.5. The molecule has 0 saturated heterocycles. The van der Waals surface area contributed by atoms with Crippen molar-refractivity contribution >= 4 is 27.5 Å². The minimum Gasteiger partial charge on any atom is -0.474 e. The maximum atomic E-state index is 13.5. The molecule has 0 radical (unpaired) electrons. The molecule has 2 aromatic heterocycles. The topological polar surface area (TPSA) is 78.5 Å². The van der Waals surface area contributed by atoms with Crippen molar-refractivity contribution in [2.45, 2.75) is 0 Å². The summed E-state index contributed by atoms with van der Waals surface area (Å²) in [6.07, 6.45) is 0. The highest BCUT2D eigenvalue weighted by molar-refractivity contribution is 7.13. The summed E-state index contributed by atoms with van der Waals surface area (Å²) in [5.74, 6) is -0.424. The van der Waals surface area contributed by atoms with Gasteiger partial charge in [0.25, 0.3) is 5.56 Å². The molecule has 0 fully saturated rings. The van der Waals surface area contributed by atoms with Crippen molar-refractivity contribution in [3.05, 3.63) is 56.7 Å². The van der Waals surface area contributed by atoms with Gasteiger partial charge in [0.1, 0.15) is 12.3 Å². The van der Waals surface area contributed by atoms with E-state index in [9.17, 15) is 14.0 Å². The Hall–Kier alpha value is -2.81. The van der Waals surface area contributed by atoms with Gasteiger partial charge in [-0.25, -0.2) is 14.4 Å². The molecular formula is C15H11FN4O3S. The molecule has 0 aliphatic carbocycles. The summed E-state index contributed by atoms with van der Waals surface area (Å²) in [6, 6.07) is 5.83. The Morgan fingerprint density at radius 2 is 2.12 bits per heavy atom. The number of benzene rings is 1. The van der Waals surface area contributed by atoms with Crippen LogP contribution < -0.4 is 11.2 Å². The van der Waals surface area contributed by atoms with Crippen LogP contribution in [-0.4, -0.2) is 32.6 Å². The van der Waals surface area contributed by atoms with Gasteiger partial charge in [0.15, 0.2) is 0 Å². The molecule has 0 atom stereocenters. The maximum Gasteiger partial charge on any atom is 0.337 e. The SMILES string of the molecule is Cn1c(F)cc(=O)n(-c2ccc3snc(C4=NCCO4)c3c2)c1=O. The predicted octanol–water partition coefficient (Wildman–Crippen LogP) is 1.06. The van der Waals surface area contributed by atoms with Crippen LogP contribution in [0, 0.1) is 5.95 Å². The number of nitrogens with zero attached hydrogens (tertiary/aromatic N) is 4. The standard InChI is InChI=1S/C15H11FN4O3S/c1-19-11(16)7-12(21)20(15(19)22)8-2-3-10-9(6-8)13(18-24-10)14-17-4-5-23-14/h2-3,6-7H,4-5H2,1H3. The molecular weight excluding hydrogens is 335 g/mol. The molecule has 0 bridgehead atoms. The number of fused-ring (bicyclic) bond motifs is 1.